The first-order valence-electron chi connectivity index (χ1n) is 5.61. The molecule has 0 aliphatic heterocycles. The molecule has 0 radical (unpaired) electrons. The number of hydrogen-bond donors (Lipinski definition) is 1. The molecule has 96 valence electrons. The van der Waals surface area contributed by atoms with Gasteiger partial charge in [0.15, 0.2) is 5.16 Å². The van der Waals surface area contributed by atoms with Gasteiger partial charge < -0.3 is 5.32 Å². The van der Waals surface area contributed by atoms with Crippen molar-refractivity contribution in [2.45, 2.75) is 25.0 Å². The lowest BCUT2D eigenvalue weighted by molar-refractivity contribution is 0.959. The van der Waals surface area contributed by atoms with Crippen LogP contribution in [0.1, 0.15) is 16.7 Å². The molecule has 2 aromatic rings. The fourth-order valence-electron chi connectivity index (χ4n) is 1.46. The normalized spacial score (nSPS) is 10.6. The zero-order chi connectivity index (χ0) is 13.0. The van der Waals surface area contributed by atoms with E-state index >= 15 is 0 Å². The maximum Gasteiger partial charge on any atom is 0.190 e. The first kappa shape index (κ1) is 13.6. The van der Waals surface area contributed by atoms with E-state index in [2.05, 4.69) is 34.3 Å². The molecule has 0 spiro atoms. The van der Waals surface area contributed by atoms with E-state index in [0.29, 0.717) is 10.3 Å². The monoisotopic (exact) mass is 299 g/mol. The molecule has 0 atom stereocenters. The second-order valence-electron chi connectivity index (χ2n) is 3.64. The molecule has 0 amide bonds. The molecule has 0 fully saturated rings. The molecule has 18 heavy (non-hydrogen) atoms. The molecule has 2 rings (SSSR count). The van der Waals surface area contributed by atoms with Crippen molar-refractivity contribution < 1.29 is 0 Å². The number of rotatable bonds is 5. The van der Waals surface area contributed by atoms with Crippen LogP contribution in [0.4, 0.5) is 5.82 Å². The Hall–Kier alpha value is -0.780. The van der Waals surface area contributed by atoms with Crippen LogP contribution in [0.25, 0.3) is 0 Å². The maximum atomic E-state index is 5.94. The van der Waals surface area contributed by atoms with E-state index in [0.717, 1.165) is 18.8 Å². The average Bonchev–Trinajstić information content (AvgIpc) is 2.83. The highest BCUT2D eigenvalue weighted by molar-refractivity contribution is 7.98. The van der Waals surface area contributed by atoms with Gasteiger partial charge in [-0.25, -0.2) is 9.97 Å². The average molecular weight is 300 g/mol. The second kappa shape index (κ2) is 6.41. The molecule has 6 heteroatoms. The molecule has 0 aliphatic carbocycles. The quantitative estimate of drug-likeness (QED) is 0.513. The van der Waals surface area contributed by atoms with E-state index in [1.807, 2.05) is 17.6 Å². The van der Waals surface area contributed by atoms with Gasteiger partial charge >= 0.3 is 0 Å². The van der Waals surface area contributed by atoms with Crippen molar-refractivity contribution in [1.82, 2.24) is 9.97 Å². The Bertz CT molecular complexity index is 528. The number of nitrogens with zero attached hydrogens (tertiary/aromatic N) is 2. The standard InChI is InChI=1S/C12H14ClN3S2/c1-3-8-4-5-9(18-8)7-14-11-6-10(13)15-12(16-11)17-2/h4-6H,3,7H2,1-2H3,(H,14,15,16). The van der Waals surface area contributed by atoms with Crippen LogP contribution in [0.3, 0.4) is 0 Å². The summed E-state index contributed by atoms with van der Waals surface area (Å²) in [7, 11) is 0. The Morgan fingerprint density at radius 3 is 2.78 bits per heavy atom. The van der Waals surface area contributed by atoms with Crippen LogP contribution >= 0.6 is 34.7 Å². The first-order valence-corrected chi connectivity index (χ1v) is 8.03. The van der Waals surface area contributed by atoms with Crippen LogP contribution < -0.4 is 5.32 Å². The van der Waals surface area contributed by atoms with Gasteiger partial charge in [-0.1, -0.05) is 30.3 Å². The summed E-state index contributed by atoms with van der Waals surface area (Å²) in [4.78, 5) is 11.2. The van der Waals surface area contributed by atoms with Gasteiger partial charge in [-0.3, -0.25) is 0 Å². The van der Waals surface area contributed by atoms with Crippen molar-refractivity contribution in [3.8, 4) is 0 Å². The SMILES string of the molecule is CCc1ccc(CNc2cc(Cl)nc(SC)n2)s1. The molecule has 0 saturated heterocycles. The van der Waals surface area contributed by atoms with Gasteiger partial charge in [0.25, 0.3) is 0 Å². The molecule has 0 unspecified atom stereocenters. The van der Waals surface area contributed by atoms with Crippen molar-refractivity contribution in [1.29, 1.82) is 0 Å². The van der Waals surface area contributed by atoms with Crippen LogP contribution in [0, 0.1) is 0 Å². The Morgan fingerprint density at radius 1 is 1.33 bits per heavy atom. The predicted octanol–water partition coefficient (Wildman–Crippen LogP) is 4.09. The number of aryl methyl sites for hydroxylation is 1. The third-order valence-corrected chi connectivity index (χ3v) is 4.34. The molecule has 0 saturated carbocycles. The molecule has 0 aliphatic rings. The van der Waals surface area contributed by atoms with Gasteiger partial charge in [0, 0.05) is 15.8 Å². The molecule has 2 heterocycles. The van der Waals surface area contributed by atoms with Crippen molar-refractivity contribution in [2.24, 2.45) is 0 Å². The number of halogens is 1. The first-order chi connectivity index (χ1) is 8.71. The number of anilines is 1. The highest BCUT2D eigenvalue weighted by atomic mass is 35.5. The number of nitrogens with one attached hydrogen (secondary N) is 1. The lowest BCUT2D eigenvalue weighted by Gasteiger charge is -2.05. The van der Waals surface area contributed by atoms with Gasteiger partial charge in [-0.05, 0) is 24.8 Å². The Morgan fingerprint density at radius 2 is 2.11 bits per heavy atom. The fourth-order valence-corrected chi connectivity index (χ4v) is 2.97. The summed E-state index contributed by atoms with van der Waals surface area (Å²) in [6, 6.07) is 6.06. The van der Waals surface area contributed by atoms with Crippen LogP contribution in [-0.2, 0) is 13.0 Å². The van der Waals surface area contributed by atoms with Crippen LogP contribution in [-0.4, -0.2) is 16.2 Å². The Balaban J connectivity index is 2.03. The highest BCUT2D eigenvalue weighted by Gasteiger charge is 2.03. The zero-order valence-corrected chi connectivity index (χ0v) is 12.6. The van der Waals surface area contributed by atoms with Gasteiger partial charge in [-0.2, -0.15) is 0 Å². The topological polar surface area (TPSA) is 37.8 Å². The number of hydrogen-bond acceptors (Lipinski definition) is 5. The lowest BCUT2D eigenvalue weighted by Crippen LogP contribution is -2.01. The summed E-state index contributed by atoms with van der Waals surface area (Å²) in [5.74, 6) is 0.769. The highest BCUT2D eigenvalue weighted by Crippen LogP contribution is 2.20. The van der Waals surface area contributed by atoms with Gasteiger partial charge in [0.05, 0.1) is 6.54 Å². The summed E-state index contributed by atoms with van der Waals surface area (Å²) in [6.45, 7) is 2.93. The van der Waals surface area contributed by atoms with E-state index < -0.39 is 0 Å². The number of thiophene rings is 1. The summed E-state index contributed by atoms with van der Waals surface area (Å²) >= 11 is 9.24. The molecule has 3 nitrogen and oxygen atoms in total. The van der Waals surface area contributed by atoms with Crippen molar-refractivity contribution in [3.63, 3.8) is 0 Å². The summed E-state index contributed by atoms with van der Waals surface area (Å²) < 4.78 is 0. The van der Waals surface area contributed by atoms with E-state index in [4.69, 9.17) is 11.6 Å². The van der Waals surface area contributed by atoms with Gasteiger partial charge in [0.2, 0.25) is 0 Å². The van der Waals surface area contributed by atoms with Crippen LogP contribution in [0.5, 0.6) is 0 Å². The van der Waals surface area contributed by atoms with Crippen molar-refractivity contribution in [2.75, 3.05) is 11.6 Å². The Kier molecular flexibility index (Phi) is 4.86. The summed E-state index contributed by atoms with van der Waals surface area (Å²) in [5, 5.41) is 4.43. The van der Waals surface area contributed by atoms with Crippen LogP contribution in [0.15, 0.2) is 23.4 Å². The maximum absolute atomic E-state index is 5.94. The van der Waals surface area contributed by atoms with Gasteiger partial charge in [-0.15, -0.1) is 11.3 Å². The predicted molar refractivity (Wildman–Crippen MR) is 79.8 cm³/mol. The molecule has 2 aromatic heterocycles. The molecular weight excluding hydrogens is 286 g/mol. The third kappa shape index (κ3) is 3.60. The van der Waals surface area contributed by atoms with Gasteiger partial charge in [0.1, 0.15) is 11.0 Å². The minimum atomic E-state index is 0.470. The Labute approximate surface area is 120 Å². The molecule has 1 N–H and O–H groups in total. The largest absolute Gasteiger partial charge is 0.365 e. The minimum absolute atomic E-state index is 0.470. The molecule has 0 bridgehead atoms. The number of aromatic nitrogens is 2. The summed E-state index contributed by atoms with van der Waals surface area (Å²) in [5.41, 5.74) is 0. The van der Waals surface area contributed by atoms with Crippen molar-refractivity contribution in [3.05, 3.63) is 33.1 Å². The second-order valence-corrected chi connectivity index (χ2v) is 6.05. The molecule has 0 aromatic carbocycles. The lowest BCUT2D eigenvalue weighted by atomic mass is 10.3. The fraction of sp³-hybridized carbons (Fsp3) is 0.333. The van der Waals surface area contributed by atoms with E-state index in [1.54, 1.807) is 6.07 Å². The minimum Gasteiger partial charge on any atom is -0.365 e. The van der Waals surface area contributed by atoms with Crippen molar-refractivity contribution >= 4 is 40.5 Å². The smallest absolute Gasteiger partial charge is 0.190 e. The van der Waals surface area contributed by atoms with E-state index in [9.17, 15) is 0 Å². The zero-order valence-electron chi connectivity index (χ0n) is 10.2. The number of thioether (sulfide) groups is 1. The molecular formula is C12H14ClN3S2. The third-order valence-electron chi connectivity index (χ3n) is 2.37. The van der Waals surface area contributed by atoms with E-state index in [1.165, 1.54) is 21.5 Å². The van der Waals surface area contributed by atoms with E-state index in [-0.39, 0.29) is 0 Å². The summed E-state index contributed by atoms with van der Waals surface area (Å²) in [6.07, 6.45) is 3.02. The van der Waals surface area contributed by atoms with Crippen LogP contribution in [0.2, 0.25) is 5.15 Å².